The Bertz CT molecular complexity index is 540. The fourth-order valence-corrected chi connectivity index (χ4v) is 3.79. The second kappa shape index (κ2) is 16.3. The fraction of sp³-hybridized carbons (Fsp3) is 0.731. The Kier molecular flexibility index (Phi) is 14.4. The maximum Gasteiger partial charge on any atom is 0.306 e. The summed E-state index contributed by atoms with van der Waals surface area (Å²) in [6, 6.07) is 4.04. The molecule has 0 atom stereocenters. The number of esters is 1. The Morgan fingerprint density at radius 1 is 0.793 bits per heavy atom. The van der Waals surface area contributed by atoms with Crippen LogP contribution in [0.15, 0.2) is 12.1 Å². The van der Waals surface area contributed by atoms with Gasteiger partial charge >= 0.3 is 5.97 Å². The monoisotopic (exact) mass is 404 g/mol. The van der Waals surface area contributed by atoms with Crippen LogP contribution in [0.2, 0.25) is 0 Å². The van der Waals surface area contributed by atoms with Gasteiger partial charge in [-0.2, -0.15) is 0 Å². The van der Waals surface area contributed by atoms with E-state index in [0.717, 1.165) is 42.4 Å². The highest BCUT2D eigenvalue weighted by Gasteiger charge is 2.10. The van der Waals surface area contributed by atoms with Crippen LogP contribution >= 0.6 is 0 Å². The van der Waals surface area contributed by atoms with Gasteiger partial charge in [0, 0.05) is 6.42 Å². The number of hydrogen-bond donors (Lipinski definition) is 1. The van der Waals surface area contributed by atoms with Crippen molar-refractivity contribution in [3.05, 3.63) is 28.8 Å². The van der Waals surface area contributed by atoms with Crippen molar-refractivity contribution in [2.24, 2.45) is 0 Å². The van der Waals surface area contributed by atoms with Crippen LogP contribution in [0.4, 0.5) is 0 Å². The summed E-state index contributed by atoms with van der Waals surface area (Å²) in [5.41, 5.74) is 3.05. The SMILES string of the molecule is CCCCCCCCCCCCCOC(=O)CCc1cc(CC)c(O)c(CC)c1. The molecule has 0 bridgehead atoms. The van der Waals surface area contributed by atoms with Crippen LogP contribution in [-0.4, -0.2) is 17.7 Å². The van der Waals surface area contributed by atoms with Gasteiger partial charge in [-0.25, -0.2) is 0 Å². The van der Waals surface area contributed by atoms with E-state index in [-0.39, 0.29) is 5.97 Å². The fourth-order valence-electron chi connectivity index (χ4n) is 3.79. The van der Waals surface area contributed by atoms with E-state index >= 15 is 0 Å². The molecule has 3 nitrogen and oxygen atoms in total. The minimum Gasteiger partial charge on any atom is -0.507 e. The van der Waals surface area contributed by atoms with Crippen LogP contribution < -0.4 is 0 Å². The molecule has 1 aromatic rings. The summed E-state index contributed by atoms with van der Waals surface area (Å²) in [5.74, 6) is 0.305. The number of unbranched alkanes of at least 4 members (excludes halogenated alkanes) is 10. The van der Waals surface area contributed by atoms with Gasteiger partial charge < -0.3 is 9.84 Å². The molecule has 0 saturated heterocycles. The maximum atomic E-state index is 12.0. The molecule has 3 heteroatoms. The van der Waals surface area contributed by atoms with E-state index in [9.17, 15) is 9.90 Å². The summed E-state index contributed by atoms with van der Waals surface area (Å²) in [4.78, 5) is 12.0. The zero-order chi connectivity index (χ0) is 21.3. The van der Waals surface area contributed by atoms with E-state index < -0.39 is 0 Å². The topological polar surface area (TPSA) is 46.5 Å². The van der Waals surface area contributed by atoms with Crippen LogP contribution in [0, 0.1) is 0 Å². The van der Waals surface area contributed by atoms with Gasteiger partial charge in [0.1, 0.15) is 5.75 Å². The molecule has 0 aromatic heterocycles. The van der Waals surface area contributed by atoms with Gasteiger partial charge in [0.15, 0.2) is 0 Å². The number of benzene rings is 1. The molecule has 1 N–H and O–H groups in total. The van der Waals surface area contributed by atoms with Crippen LogP contribution in [0.3, 0.4) is 0 Å². The lowest BCUT2D eigenvalue weighted by molar-refractivity contribution is -0.143. The summed E-state index contributed by atoms with van der Waals surface area (Å²) in [7, 11) is 0. The summed E-state index contributed by atoms with van der Waals surface area (Å²) in [6.45, 7) is 6.89. The van der Waals surface area contributed by atoms with Crippen LogP contribution in [0.5, 0.6) is 5.75 Å². The molecular weight excluding hydrogens is 360 g/mol. The van der Waals surface area contributed by atoms with Gasteiger partial charge in [-0.15, -0.1) is 0 Å². The predicted molar refractivity (Wildman–Crippen MR) is 123 cm³/mol. The number of aromatic hydroxyl groups is 1. The third-order valence-electron chi connectivity index (χ3n) is 5.72. The molecule has 29 heavy (non-hydrogen) atoms. The van der Waals surface area contributed by atoms with E-state index in [1.807, 2.05) is 26.0 Å². The Labute approximate surface area is 179 Å². The number of ether oxygens (including phenoxy) is 1. The van der Waals surface area contributed by atoms with E-state index in [2.05, 4.69) is 6.92 Å². The van der Waals surface area contributed by atoms with E-state index in [4.69, 9.17) is 4.74 Å². The zero-order valence-corrected chi connectivity index (χ0v) is 19.2. The van der Waals surface area contributed by atoms with Crippen LogP contribution in [-0.2, 0) is 28.8 Å². The lowest BCUT2D eigenvalue weighted by Crippen LogP contribution is -2.07. The largest absolute Gasteiger partial charge is 0.507 e. The molecule has 0 unspecified atom stereocenters. The van der Waals surface area contributed by atoms with Gasteiger partial charge in [-0.1, -0.05) is 97.1 Å². The third kappa shape index (κ3) is 11.3. The second-order valence-electron chi connectivity index (χ2n) is 8.23. The lowest BCUT2D eigenvalue weighted by atomic mass is 9.98. The average Bonchev–Trinajstić information content (AvgIpc) is 2.73. The van der Waals surface area contributed by atoms with Gasteiger partial charge in [0.05, 0.1) is 6.61 Å². The number of hydrogen-bond acceptors (Lipinski definition) is 3. The Morgan fingerprint density at radius 3 is 1.76 bits per heavy atom. The smallest absolute Gasteiger partial charge is 0.306 e. The normalized spacial score (nSPS) is 11.0. The quantitative estimate of drug-likeness (QED) is 0.219. The summed E-state index contributed by atoms with van der Waals surface area (Å²) >= 11 is 0. The van der Waals surface area contributed by atoms with E-state index in [1.165, 1.54) is 57.8 Å². The summed E-state index contributed by atoms with van der Waals surface area (Å²) in [5, 5.41) is 10.2. The van der Waals surface area contributed by atoms with Crippen LogP contribution in [0.1, 0.15) is 115 Å². The highest BCUT2D eigenvalue weighted by Crippen LogP contribution is 2.26. The molecule has 166 valence electrons. The first kappa shape index (κ1) is 25.5. The van der Waals surface area contributed by atoms with Crippen LogP contribution in [0.25, 0.3) is 0 Å². The first-order chi connectivity index (χ1) is 14.1. The molecule has 0 radical (unpaired) electrons. The standard InChI is InChI=1S/C26H44O3/c1-4-7-8-9-10-11-12-13-14-15-16-19-29-25(27)18-17-22-20-23(5-2)26(28)24(6-3)21-22/h20-21,28H,4-19H2,1-3H3. The van der Waals surface area contributed by atoms with E-state index in [0.29, 0.717) is 25.2 Å². The molecule has 0 heterocycles. The molecule has 0 aliphatic heterocycles. The van der Waals surface area contributed by atoms with Gasteiger partial charge in [0.25, 0.3) is 0 Å². The number of carbonyl (C=O) groups is 1. The highest BCUT2D eigenvalue weighted by molar-refractivity contribution is 5.69. The molecule has 0 saturated carbocycles. The Balaban J connectivity index is 2.07. The number of rotatable bonds is 17. The number of phenolic OH excluding ortho intramolecular Hbond substituents is 1. The molecule has 0 amide bonds. The molecule has 1 aromatic carbocycles. The highest BCUT2D eigenvalue weighted by atomic mass is 16.5. The zero-order valence-electron chi connectivity index (χ0n) is 19.2. The molecule has 1 rings (SSSR count). The minimum absolute atomic E-state index is 0.110. The second-order valence-corrected chi connectivity index (χ2v) is 8.23. The number of aryl methyl sites for hydroxylation is 3. The van der Waals surface area contributed by atoms with Crippen molar-refractivity contribution in [2.75, 3.05) is 6.61 Å². The summed E-state index contributed by atoms with van der Waals surface area (Å²) in [6.07, 6.45) is 17.0. The van der Waals surface area contributed by atoms with Gasteiger partial charge in [0.2, 0.25) is 0 Å². The predicted octanol–water partition coefficient (Wildman–Crippen LogP) is 7.30. The molecule has 0 fully saturated rings. The maximum absolute atomic E-state index is 12.0. The average molecular weight is 405 g/mol. The van der Waals surface area contributed by atoms with E-state index in [1.54, 1.807) is 0 Å². The lowest BCUT2D eigenvalue weighted by Gasteiger charge is -2.11. The van der Waals surface area contributed by atoms with Crippen molar-refractivity contribution in [1.29, 1.82) is 0 Å². The molecule has 0 aliphatic rings. The van der Waals surface area contributed by atoms with Crippen molar-refractivity contribution in [3.63, 3.8) is 0 Å². The summed E-state index contributed by atoms with van der Waals surface area (Å²) < 4.78 is 5.39. The van der Waals surface area contributed by atoms with Crippen molar-refractivity contribution in [2.45, 2.75) is 117 Å². The number of carbonyl (C=O) groups excluding carboxylic acids is 1. The van der Waals surface area contributed by atoms with Gasteiger partial charge in [-0.3, -0.25) is 4.79 Å². The Morgan fingerprint density at radius 2 is 1.28 bits per heavy atom. The first-order valence-corrected chi connectivity index (χ1v) is 12.1. The molecule has 0 spiro atoms. The van der Waals surface area contributed by atoms with Crippen molar-refractivity contribution < 1.29 is 14.6 Å². The third-order valence-corrected chi connectivity index (χ3v) is 5.72. The minimum atomic E-state index is -0.110. The van der Waals surface area contributed by atoms with Crippen molar-refractivity contribution in [1.82, 2.24) is 0 Å². The van der Waals surface area contributed by atoms with Crippen molar-refractivity contribution in [3.8, 4) is 5.75 Å². The van der Waals surface area contributed by atoms with Crippen molar-refractivity contribution >= 4 is 5.97 Å². The Hall–Kier alpha value is -1.51. The first-order valence-electron chi connectivity index (χ1n) is 12.1. The molecular formula is C26H44O3. The number of phenols is 1. The molecule has 0 aliphatic carbocycles. The van der Waals surface area contributed by atoms with Gasteiger partial charge in [-0.05, 0) is 42.4 Å².